The van der Waals surface area contributed by atoms with Crippen LogP contribution >= 0.6 is 15.6 Å². The third kappa shape index (κ3) is 18.6. The van der Waals surface area contributed by atoms with Crippen molar-refractivity contribution in [1.29, 1.82) is 0 Å². The first-order valence-electron chi connectivity index (χ1n) is 1.46. The van der Waals surface area contributed by atoms with Gasteiger partial charge in [-0.1, -0.05) is 0 Å². The molecule has 0 unspecified atom stereocenters. The van der Waals surface area contributed by atoms with E-state index in [0.717, 1.165) is 0 Å². The maximum atomic E-state index is 9.32. The van der Waals surface area contributed by atoms with Crippen molar-refractivity contribution in [1.82, 2.24) is 0 Å². The molecule has 0 aliphatic rings. The number of rotatable bonds is 2. The molecule has 11 heteroatoms. The quantitative estimate of drug-likeness (QED) is 0.352. The van der Waals surface area contributed by atoms with Crippen LogP contribution in [0, 0.1) is 0 Å². The van der Waals surface area contributed by atoms with E-state index in [1.54, 1.807) is 0 Å². The Kier molecular flexibility index (Phi) is 10.6. The van der Waals surface area contributed by atoms with Crippen LogP contribution in [0.2, 0.25) is 0 Å². The summed E-state index contributed by atoms with van der Waals surface area (Å²) in [7, 11) is -11.4. The summed E-state index contributed by atoms with van der Waals surface area (Å²) in [6, 6.07) is 0. The second kappa shape index (κ2) is 6.27. The van der Waals surface area contributed by atoms with Crippen molar-refractivity contribution >= 4 is 15.6 Å². The standard InChI is InChI=1S/Fe.Na.H4O7P2/c;;1-8(2,3)7-9(4,5)6/h;;(H2,1,2,3)(H2,4,5,6)/q+3;+1;/p-4. The molecule has 7 nitrogen and oxygen atoms in total. The molecule has 0 aliphatic heterocycles. The van der Waals surface area contributed by atoms with Gasteiger partial charge in [0.25, 0.3) is 0 Å². The monoisotopic (exact) mass is 253 g/mol. The van der Waals surface area contributed by atoms with Crippen LogP contribution in [0.25, 0.3) is 0 Å². The number of hydrogen-bond donors (Lipinski definition) is 0. The van der Waals surface area contributed by atoms with Crippen molar-refractivity contribution in [3.8, 4) is 0 Å². The molecule has 61 valence electrons. The van der Waals surface area contributed by atoms with Gasteiger partial charge in [-0.05, 0) is 0 Å². The van der Waals surface area contributed by atoms with Crippen molar-refractivity contribution in [2.75, 3.05) is 0 Å². The van der Waals surface area contributed by atoms with Gasteiger partial charge < -0.3 is 33.0 Å². The van der Waals surface area contributed by atoms with Gasteiger partial charge in [-0.15, -0.1) is 0 Å². The molecule has 0 aromatic carbocycles. The molecule has 0 aromatic heterocycles. The van der Waals surface area contributed by atoms with E-state index >= 15 is 0 Å². The Morgan fingerprint density at radius 1 is 0.909 bits per heavy atom. The first kappa shape index (κ1) is 18.5. The summed E-state index contributed by atoms with van der Waals surface area (Å²) in [4.78, 5) is 37.3. The van der Waals surface area contributed by atoms with Crippen LogP contribution in [0.4, 0.5) is 0 Å². The minimum atomic E-state index is -5.68. The van der Waals surface area contributed by atoms with E-state index in [4.69, 9.17) is 0 Å². The summed E-state index contributed by atoms with van der Waals surface area (Å²) in [6.07, 6.45) is 0. The predicted molar refractivity (Wildman–Crippen MR) is 16.3 cm³/mol. The first-order chi connectivity index (χ1) is 3.71. The van der Waals surface area contributed by atoms with Gasteiger partial charge in [0.2, 0.25) is 0 Å². The second-order valence-electron chi connectivity index (χ2n) is 0.976. The van der Waals surface area contributed by atoms with Crippen molar-refractivity contribution in [3.63, 3.8) is 0 Å². The zero-order chi connectivity index (χ0) is 7.71. The fourth-order valence-corrected chi connectivity index (χ4v) is 1.10. The van der Waals surface area contributed by atoms with Gasteiger partial charge in [0.05, 0.1) is 15.6 Å². The summed E-state index contributed by atoms with van der Waals surface area (Å²) in [5.74, 6) is 0. The topological polar surface area (TPSA) is 136 Å². The zero-order valence-corrected chi connectivity index (χ0v) is 10.00. The Labute approximate surface area is 94.8 Å². The van der Waals surface area contributed by atoms with Crippen LogP contribution in [-0.2, 0) is 30.5 Å². The summed E-state index contributed by atoms with van der Waals surface area (Å²) >= 11 is 0. The first-order valence-corrected chi connectivity index (χ1v) is 4.38. The molecule has 0 saturated carbocycles. The zero-order valence-electron chi connectivity index (χ0n) is 5.11. The third-order valence-corrected chi connectivity index (χ3v) is 1.80. The second-order valence-corrected chi connectivity index (χ2v) is 3.42. The molecule has 0 fully saturated rings. The minimum Gasteiger partial charge on any atom is -0.790 e. The van der Waals surface area contributed by atoms with Gasteiger partial charge in [0.15, 0.2) is 0 Å². The molecule has 0 atom stereocenters. The SMILES string of the molecule is O=P([O-])([O-])OP(=O)([O-])[O-].[Fe+3].[Na+]. The Morgan fingerprint density at radius 3 is 1.09 bits per heavy atom. The van der Waals surface area contributed by atoms with Crippen molar-refractivity contribution < 1.29 is 79.6 Å². The maximum absolute atomic E-state index is 9.32. The summed E-state index contributed by atoms with van der Waals surface area (Å²) in [5.41, 5.74) is 0. The molecule has 0 amide bonds. The van der Waals surface area contributed by atoms with Gasteiger partial charge in [0.1, 0.15) is 0 Å². The molecule has 0 rings (SSSR count). The van der Waals surface area contributed by atoms with Crippen LogP contribution < -0.4 is 49.1 Å². The van der Waals surface area contributed by atoms with E-state index in [0.29, 0.717) is 0 Å². The van der Waals surface area contributed by atoms with Gasteiger partial charge in [-0.3, -0.25) is 0 Å². The van der Waals surface area contributed by atoms with Crippen LogP contribution in [0.3, 0.4) is 0 Å². The summed E-state index contributed by atoms with van der Waals surface area (Å²) in [6.45, 7) is 0. The van der Waals surface area contributed by atoms with E-state index in [-0.39, 0.29) is 46.6 Å². The Hall–Kier alpha value is 1.78. The Morgan fingerprint density at radius 2 is 1.09 bits per heavy atom. The van der Waals surface area contributed by atoms with Crippen LogP contribution in [0.5, 0.6) is 0 Å². The molecule has 0 bridgehead atoms. The molecule has 0 aromatic rings. The number of phosphoric acid groups is 2. The summed E-state index contributed by atoms with van der Waals surface area (Å²) < 4.78 is 21.2. The van der Waals surface area contributed by atoms with Crippen LogP contribution in [0.1, 0.15) is 0 Å². The molecule has 0 N–H and O–H groups in total. The molecular formula is FeNaO7P2. The maximum Gasteiger partial charge on any atom is 3.00 e. The molecular weight excluding hydrogens is 253 g/mol. The Balaban J connectivity index is -0.000000320. The molecule has 1 radical (unpaired) electrons. The van der Waals surface area contributed by atoms with Gasteiger partial charge in [-0.2, -0.15) is 0 Å². The smallest absolute Gasteiger partial charge is 0.790 e. The normalized spacial score (nSPS) is 11.3. The van der Waals surface area contributed by atoms with Crippen LogP contribution in [-0.4, -0.2) is 0 Å². The Bertz CT molecular complexity index is 157. The van der Waals surface area contributed by atoms with Crippen LogP contribution in [0.15, 0.2) is 0 Å². The molecule has 0 saturated heterocycles. The molecule has 0 heterocycles. The molecule has 0 aliphatic carbocycles. The van der Waals surface area contributed by atoms with Crippen molar-refractivity contribution in [2.45, 2.75) is 0 Å². The fraction of sp³-hybridized carbons (Fsp3) is 0. The fourth-order valence-electron chi connectivity index (χ4n) is 0.122. The van der Waals surface area contributed by atoms with E-state index < -0.39 is 15.6 Å². The van der Waals surface area contributed by atoms with E-state index in [2.05, 4.69) is 4.31 Å². The average molecular weight is 253 g/mol. The third-order valence-electron chi connectivity index (χ3n) is 0.200. The van der Waals surface area contributed by atoms with E-state index in [1.807, 2.05) is 0 Å². The van der Waals surface area contributed by atoms with Gasteiger partial charge in [0, 0.05) is 0 Å². The largest absolute Gasteiger partial charge is 3.00 e. The van der Waals surface area contributed by atoms with Crippen molar-refractivity contribution in [3.05, 3.63) is 0 Å². The average Bonchev–Trinajstić information content (AvgIpc) is 1.14. The predicted octanol–water partition coefficient (Wildman–Crippen LogP) is -6.34. The molecule has 11 heavy (non-hydrogen) atoms. The van der Waals surface area contributed by atoms with E-state index in [9.17, 15) is 28.7 Å². The minimum absolute atomic E-state index is 0. The summed E-state index contributed by atoms with van der Waals surface area (Å²) in [5, 5.41) is 0. The van der Waals surface area contributed by atoms with E-state index in [1.165, 1.54) is 0 Å². The number of hydrogen-bond acceptors (Lipinski definition) is 7. The van der Waals surface area contributed by atoms with Crippen molar-refractivity contribution in [2.24, 2.45) is 0 Å². The van der Waals surface area contributed by atoms with Gasteiger partial charge >= 0.3 is 46.6 Å². The van der Waals surface area contributed by atoms with Gasteiger partial charge in [-0.25, -0.2) is 0 Å². The molecule has 0 spiro atoms.